The van der Waals surface area contributed by atoms with Crippen LogP contribution in [-0.4, -0.2) is 9.13 Å². The van der Waals surface area contributed by atoms with Crippen molar-refractivity contribution < 1.29 is 8.83 Å². The SMILES string of the molecule is c1cc(-c2cccc(-n3c4ccccc4c4cc(-c5ccc6oc7ccccc7c6c5)ccc43)c2)cc(-n2c3ccccc3c3cc(-c4ccc5oc6ccccc6c5c4)ccc32)c1. The molecule has 0 saturated carbocycles. The Bertz CT molecular complexity index is 3940. The molecule has 10 aromatic carbocycles. The lowest BCUT2D eigenvalue weighted by Gasteiger charge is -2.13. The minimum absolute atomic E-state index is 0.909. The first-order valence-electron chi connectivity index (χ1n) is 21.8. The summed E-state index contributed by atoms with van der Waals surface area (Å²) in [6.45, 7) is 0. The molecule has 14 aromatic rings. The maximum absolute atomic E-state index is 6.15. The van der Waals surface area contributed by atoms with E-state index in [2.05, 4.69) is 203 Å². The monoisotopic (exact) mass is 816 g/mol. The predicted octanol–water partition coefficient (Wildman–Crippen LogP) is 16.7. The average molecular weight is 817 g/mol. The Balaban J connectivity index is 0.859. The molecule has 0 aliphatic rings. The molecular weight excluding hydrogens is 781 g/mol. The van der Waals surface area contributed by atoms with Crippen molar-refractivity contribution in [1.29, 1.82) is 0 Å². The zero-order valence-electron chi connectivity index (χ0n) is 34.5. The molecular formula is C60H36N2O2. The van der Waals surface area contributed by atoms with Crippen LogP contribution in [0.25, 0.3) is 132 Å². The number of aromatic nitrogens is 2. The Morgan fingerprint density at radius 1 is 0.219 bits per heavy atom. The molecule has 0 unspecified atom stereocenters. The van der Waals surface area contributed by atoms with Crippen molar-refractivity contribution in [3.63, 3.8) is 0 Å². The highest BCUT2D eigenvalue weighted by Crippen LogP contribution is 2.40. The molecule has 0 saturated heterocycles. The van der Waals surface area contributed by atoms with Crippen LogP contribution in [0.15, 0.2) is 227 Å². The summed E-state index contributed by atoms with van der Waals surface area (Å²) >= 11 is 0. The van der Waals surface area contributed by atoms with E-state index >= 15 is 0 Å². The second-order valence-corrected chi connectivity index (χ2v) is 16.9. The average Bonchev–Trinajstić information content (AvgIpc) is 4.11. The smallest absolute Gasteiger partial charge is 0.135 e. The van der Waals surface area contributed by atoms with Crippen LogP contribution in [0.4, 0.5) is 0 Å². The molecule has 0 aliphatic carbocycles. The summed E-state index contributed by atoms with van der Waals surface area (Å²) in [5.74, 6) is 0. The fourth-order valence-electron chi connectivity index (χ4n) is 10.3. The number of nitrogens with zero attached hydrogens (tertiary/aromatic N) is 2. The number of rotatable bonds is 5. The van der Waals surface area contributed by atoms with E-state index in [9.17, 15) is 0 Å². The van der Waals surface area contributed by atoms with Crippen molar-refractivity contribution in [2.75, 3.05) is 0 Å². The van der Waals surface area contributed by atoms with Gasteiger partial charge in [-0.25, -0.2) is 0 Å². The molecule has 0 N–H and O–H groups in total. The molecule has 0 fully saturated rings. The van der Waals surface area contributed by atoms with E-state index in [4.69, 9.17) is 8.83 Å². The van der Waals surface area contributed by atoms with Gasteiger partial charge in [-0.2, -0.15) is 0 Å². The molecule has 0 spiro atoms. The lowest BCUT2D eigenvalue weighted by Crippen LogP contribution is -1.96. The molecule has 0 amide bonds. The summed E-state index contributed by atoms with van der Waals surface area (Å²) in [6, 6.07) is 78.8. The van der Waals surface area contributed by atoms with E-state index in [1.54, 1.807) is 0 Å². The van der Waals surface area contributed by atoms with E-state index in [1.807, 2.05) is 24.3 Å². The van der Waals surface area contributed by atoms with Gasteiger partial charge < -0.3 is 18.0 Å². The van der Waals surface area contributed by atoms with Crippen LogP contribution < -0.4 is 0 Å². The second kappa shape index (κ2) is 13.4. The lowest BCUT2D eigenvalue weighted by atomic mass is 10.0. The number of furan rings is 2. The topological polar surface area (TPSA) is 36.1 Å². The quantitative estimate of drug-likeness (QED) is 0.173. The number of para-hydroxylation sites is 4. The molecule has 14 rings (SSSR count). The number of fused-ring (bicyclic) bond motifs is 12. The Labute approximate surface area is 367 Å². The summed E-state index contributed by atoms with van der Waals surface area (Å²) < 4.78 is 17.1. The van der Waals surface area contributed by atoms with Crippen molar-refractivity contribution >= 4 is 87.5 Å². The summed E-state index contributed by atoms with van der Waals surface area (Å²) in [5.41, 5.74) is 17.6. The first kappa shape index (κ1) is 35.0. The Kier molecular flexibility index (Phi) is 7.36. The summed E-state index contributed by atoms with van der Waals surface area (Å²) in [5, 5.41) is 9.46. The van der Waals surface area contributed by atoms with E-state index in [0.717, 1.165) is 66.4 Å². The van der Waals surface area contributed by atoms with E-state index in [-0.39, 0.29) is 0 Å². The first-order chi connectivity index (χ1) is 31.7. The number of hydrogen-bond acceptors (Lipinski definition) is 2. The normalized spacial score (nSPS) is 12.1. The third-order valence-electron chi connectivity index (χ3n) is 13.3. The Morgan fingerprint density at radius 2 is 0.562 bits per heavy atom. The van der Waals surface area contributed by atoms with Crippen LogP contribution in [0.3, 0.4) is 0 Å². The van der Waals surface area contributed by atoms with Crippen LogP contribution in [0.2, 0.25) is 0 Å². The van der Waals surface area contributed by atoms with Gasteiger partial charge in [-0.05, 0) is 130 Å². The van der Waals surface area contributed by atoms with Crippen molar-refractivity contribution in [2.45, 2.75) is 0 Å². The zero-order valence-corrected chi connectivity index (χ0v) is 34.5. The Morgan fingerprint density at radius 3 is 1.03 bits per heavy atom. The fraction of sp³-hybridized carbons (Fsp3) is 0. The van der Waals surface area contributed by atoms with Gasteiger partial charge in [0.2, 0.25) is 0 Å². The van der Waals surface area contributed by atoms with Gasteiger partial charge in [0.1, 0.15) is 22.3 Å². The van der Waals surface area contributed by atoms with Crippen LogP contribution in [0.1, 0.15) is 0 Å². The van der Waals surface area contributed by atoms with Gasteiger partial charge >= 0.3 is 0 Å². The van der Waals surface area contributed by atoms with E-state index < -0.39 is 0 Å². The van der Waals surface area contributed by atoms with E-state index in [0.29, 0.717) is 0 Å². The highest BCUT2D eigenvalue weighted by Gasteiger charge is 2.18. The van der Waals surface area contributed by atoms with Crippen molar-refractivity contribution in [2.24, 2.45) is 0 Å². The minimum atomic E-state index is 0.909. The van der Waals surface area contributed by atoms with Gasteiger partial charge in [0.05, 0.1) is 22.1 Å². The van der Waals surface area contributed by atoms with Crippen LogP contribution >= 0.6 is 0 Å². The number of hydrogen-bond donors (Lipinski definition) is 0. The highest BCUT2D eigenvalue weighted by molar-refractivity contribution is 6.13. The standard InChI is InChI=1S/C60H36N2O2/c1-5-19-53-45(15-1)49-33-39(41-25-29-59-51(35-41)47-17-3-7-21-57(47)63-59)23-27-55(49)61(53)43-13-9-11-37(31-43)38-12-10-14-44(32-38)62-54-20-6-2-16-46(54)50-34-40(24-28-56(50)62)42-26-30-60-52(36-42)48-18-4-8-22-58(48)64-60/h1-36H. The van der Waals surface area contributed by atoms with Crippen LogP contribution in [-0.2, 0) is 0 Å². The van der Waals surface area contributed by atoms with Crippen molar-refractivity contribution in [3.8, 4) is 44.8 Å². The molecule has 4 heteroatoms. The molecule has 0 radical (unpaired) electrons. The zero-order chi connectivity index (χ0) is 41.9. The summed E-state index contributed by atoms with van der Waals surface area (Å²) in [7, 11) is 0. The molecule has 4 aromatic heterocycles. The van der Waals surface area contributed by atoms with Crippen LogP contribution in [0, 0.1) is 0 Å². The van der Waals surface area contributed by atoms with Crippen molar-refractivity contribution in [1.82, 2.24) is 9.13 Å². The third-order valence-corrected chi connectivity index (χ3v) is 13.3. The summed E-state index contributed by atoms with van der Waals surface area (Å²) in [4.78, 5) is 0. The molecule has 0 atom stereocenters. The van der Waals surface area contributed by atoms with Gasteiger partial charge in [0.15, 0.2) is 0 Å². The van der Waals surface area contributed by atoms with Gasteiger partial charge in [0.25, 0.3) is 0 Å². The maximum atomic E-state index is 6.15. The lowest BCUT2D eigenvalue weighted by molar-refractivity contribution is 0.668. The maximum Gasteiger partial charge on any atom is 0.135 e. The minimum Gasteiger partial charge on any atom is -0.456 e. The predicted molar refractivity (Wildman–Crippen MR) is 266 cm³/mol. The molecule has 4 nitrogen and oxygen atoms in total. The van der Waals surface area contributed by atoms with Gasteiger partial charge in [-0.1, -0.05) is 121 Å². The van der Waals surface area contributed by atoms with Gasteiger partial charge in [-0.15, -0.1) is 0 Å². The molecule has 298 valence electrons. The number of benzene rings is 10. The molecule has 0 aliphatic heterocycles. The highest BCUT2D eigenvalue weighted by atomic mass is 16.3. The molecule has 64 heavy (non-hydrogen) atoms. The summed E-state index contributed by atoms with van der Waals surface area (Å²) in [6.07, 6.45) is 0. The molecule has 4 heterocycles. The van der Waals surface area contributed by atoms with Crippen molar-refractivity contribution in [3.05, 3.63) is 218 Å². The largest absolute Gasteiger partial charge is 0.456 e. The first-order valence-corrected chi connectivity index (χ1v) is 21.8. The van der Waals surface area contributed by atoms with Crippen LogP contribution in [0.5, 0.6) is 0 Å². The van der Waals surface area contributed by atoms with Gasteiger partial charge in [0, 0.05) is 54.5 Å². The second-order valence-electron chi connectivity index (χ2n) is 16.9. The third kappa shape index (κ3) is 5.23. The van der Waals surface area contributed by atoms with E-state index in [1.165, 1.54) is 65.9 Å². The Hall–Kier alpha value is -8.60. The molecule has 0 bridgehead atoms. The van der Waals surface area contributed by atoms with Gasteiger partial charge in [-0.3, -0.25) is 0 Å². The fourth-order valence-corrected chi connectivity index (χ4v) is 10.3.